The lowest BCUT2D eigenvalue weighted by molar-refractivity contribution is -0.120. The highest BCUT2D eigenvalue weighted by atomic mass is 32.2. The van der Waals surface area contributed by atoms with Gasteiger partial charge >= 0.3 is 0 Å². The second kappa shape index (κ2) is 7.25. The Bertz CT molecular complexity index is 843. The van der Waals surface area contributed by atoms with E-state index in [0.717, 1.165) is 17.6 Å². The van der Waals surface area contributed by atoms with Crippen molar-refractivity contribution in [3.05, 3.63) is 52.6 Å². The highest BCUT2D eigenvalue weighted by molar-refractivity contribution is 7.89. The molecule has 0 bridgehead atoms. The van der Waals surface area contributed by atoms with E-state index in [2.05, 4.69) is 10.2 Å². The van der Waals surface area contributed by atoms with Crippen LogP contribution in [0, 0.1) is 12.7 Å². The molecule has 1 unspecified atom stereocenters. The van der Waals surface area contributed by atoms with E-state index in [0.29, 0.717) is 18.4 Å². The summed E-state index contributed by atoms with van der Waals surface area (Å²) in [5, 5.41) is 6.91. The Labute approximate surface area is 141 Å². The van der Waals surface area contributed by atoms with Crippen LogP contribution in [0.3, 0.4) is 0 Å². The first-order valence-corrected chi connectivity index (χ1v) is 9.71. The number of rotatable bonds is 7. The van der Waals surface area contributed by atoms with Crippen molar-refractivity contribution >= 4 is 15.6 Å². The number of carbonyl (C=O) groups excluding carboxylic acids is 1. The van der Waals surface area contributed by atoms with Crippen LogP contribution in [-0.4, -0.2) is 30.7 Å². The molecule has 0 saturated heterocycles. The van der Waals surface area contributed by atoms with Crippen LogP contribution < -0.4 is 0 Å². The van der Waals surface area contributed by atoms with Crippen LogP contribution >= 0.6 is 0 Å². The zero-order chi connectivity index (χ0) is 17.9. The summed E-state index contributed by atoms with van der Waals surface area (Å²) >= 11 is 0. The summed E-state index contributed by atoms with van der Waals surface area (Å²) in [5.74, 6) is -1.40. The number of carbonyl (C=O) groups is 1. The molecule has 1 aromatic carbocycles. The van der Waals surface area contributed by atoms with Crippen molar-refractivity contribution in [3.63, 3.8) is 0 Å². The second-order valence-electron chi connectivity index (χ2n) is 6.15. The minimum Gasteiger partial charge on any atom is -0.299 e. The predicted molar refractivity (Wildman–Crippen MR) is 90.0 cm³/mol. The van der Waals surface area contributed by atoms with Gasteiger partial charge in [0.05, 0.1) is 11.4 Å². The summed E-state index contributed by atoms with van der Waals surface area (Å²) in [6.45, 7) is 3.62. The number of hydrogen-bond donors (Lipinski definition) is 1. The van der Waals surface area contributed by atoms with Crippen LogP contribution in [0.2, 0.25) is 0 Å². The number of Topliss-reactive ketones (excluding diaryl/α,β-unsaturated/α-hetero) is 1. The summed E-state index contributed by atoms with van der Waals surface area (Å²) in [6, 6.07) is 6.19. The molecule has 0 aliphatic rings. The standard InChI is InChI=1S/C17H21FN2O3S/c1-11-8-15(20-19-11)6-7-17(21)12(2)13-4-5-14(16(18)9-13)10-24(3,22)23/h4-5,8-9,12H,6-7,10H2,1-3H3,(H,19,20). The number of benzene rings is 1. The topological polar surface area (TPSA) is 79.9 Å². The maximum atomic E-state index is 14.1. The van der Waals surface area contributed by atoms with Crippen molar-refractivity contribution in [3.8, 4) is 0 Å². The smallest absolute Gasteiger partial charge is 0.151 e. The molecule has 130 valence electrons. The number of nitrogens with one attached hydrogen (secondary N) is 1. The van der Waals surface area contributed by atoms with E-state index in [-0.39, 0.29) is 17.1 Å². The van der Waals surface area contributed by atoms with Crippen LogP contribution in [-0.2, 0) is 26.8 Å². The Morgan fingerprint density at radius 2 is 2.04 bits per heavy atom. The number of aromatic nitrogens is 2. The Kier molecular flexibility index (Phi) is 5.54. The molecule has 24 heavy (non-hydrogen) atoms. The molecule has 0 aliphatic carbocycles. The fourth-order valence-corrected chi connectivity index (χ4v) is 3.29. The van der Waals surface area contributed by atoms with E-state index in [4.69, 9.17) is 0 Å². The summed E-state index contributed by atoms with van der Waals surface area (Å²) < 4.78 is 36.6. The van der Waals surface area contributed by atoms with Crippen molar-refractivity contribution in [1.82, 2.24) is 10.2 Å². The normalized spacial score (nSPS) is 13.0. The lowest BCUT2D eigenvalue weighted by atomic mass is 9.93. The van der Waals surface area contributed by atoms with Crippen LogP contribution in [0.15, 0.2) is 24.3 Å². The number of halogens is 1. The third kappa shape index (κ3) is 4.99. The molecule has 1 atom stereocenters. The molecule has 7 heteroatoms. The van der Waals surface area contributed by atoms with Gasteiger partial charge in [-0.25, -0.2) is 12.8 Å². The maximum Gasteiger partial charge on any atom is 0.151 e. The zero-order valence-electron chi connectivity index (χ0n) is 14.0. The second-order valence-corrected chi connectivity index (χ2v) is 8.29. The van der Waals surface area contributed by atoms with Crippen molar-refractivity contribution in [2.24, 2.45) is 0 Å². The van der Waals surface area contributed by atoms with Gasteiger partial charge in [0.2, 0.25) is 0 Å². The molecule has 0 aliphatic heterocycles. The average molecular weight is 352 g/mol. The molecule has 0 amide bonds. The number of nitrogens with zero attached hydrogens (tertiary/aromatic N) is 1. The molecule has 0 fully saturated rings. The van der Waals surface area contributed by atoms with Crippen LogP contribution in [0.5, 0.6) is 0 Å². The van der Waals surface area contributed by atoms with Gasteiger partial charge in [-0.05, 0) is 31.0 Å². The average Bonchev–Trinajstić information content (AvgIpc) is 2.90. The first-order valence-electron chi connectivity index (χ1n) is 7.65. The molecular weight excluding hydrogens is 331 g/mol. The molecule has 0 radical (unpaired) electrons. The SMILES string of the molecule is Cc1cc(CCC(=O)C(C)c2ccc(CS(C)(=O)=O)c(F)c2)n[nH]1. The fraction of sp³-hybridized carbons (Fsp3) is 0.412. The largest absolute Gasteiger partial charge is 0.299 e. The molecule has 1 N–H and O–H groups in total. The van der Waals surface area contributed by atoms with E-state index in [9.17, 15) is 17.6 Å². The quantitative estimate of drug-likeness (QED) is 0.831. The molecule has 0 saturated carbocycles. The number of aryl methyl sites for hydroxylation is 2. The van der Waals surface area contributed by atoms with Gasteiger partial charge in [0.25, 0.3) is 0 Å². The maximum absolute atomic E-state index is 14.1. The van der Waals surface area contributed by atoms with Gasteiger partial charge in [0.15, 0.2) is 9.84 Å². The first kappa shape index (κ1) is 18.3. The molecular formula is C17H21FN2O3S. The van der Waals surface area contributed by atoms with Gasteiger partial charge in [-0.1, -0.05) is 19.1 Å². The highest BCUT2D eigenvalue weighted by Crippen LogP contribution is 2.22. The highest BCUT2D eigenvalue weighted by Gasteiger charge is 2.18. The lowest BCUT2D eigenvalue weighted by Crippen LogP contribution is -2.11. The number of aromatic amines is 1. The van der Waals surface area contributed by atoms with Gasteiger partial charge in [-0.2, -0.15) is 5.10 Å². The summed E-state index contributed by atoms with van der Waals surface area (Å²) in [5.41, 5.74) is 2.43. The molecule has 2 aromatic rings. The number of ketones is 1. The van der Waals surface area contributed by atoms with Gasteiger partial charge in [-0.3, -0.25) is 9.89 Å². The summed E-state index contributed by atoms with van der Waals surface area (Å²) in [4.78, 5) is 12.3. The summed E-state index contributed by atoms with van der Waals surface area (Å²) in [7, 11) is -3.30. The third-order valence-corrected chi connectivity index (χ3v) is 4.70. The number of H-pyrrole nitrogens is 1. The number of hydrogen-bond acceptors (Lipinski definition) is 4. The Morgan fingerprint density at radius 3 is 2.58 bits per heavy atom. The summed E-state index contributed by atoms with van der Waals surface area (Å²) in [6.07, 6.45) is 1.91. The van der Waals surface area contributed by atoms with Crippen molar-refractivity contribution < 1.29 is 17.6 Å². The Hall–Kier alpha value is -2.02. The fourth-order valence-electron chi connectivity index (χ4n) is 2.49. The van der Waals surface area contributed by atoms with Gasteiger partial charge < -0.3 is 0 Å². The van der Waals surface area contributed by atoms with Crippen molar-refractivity contribution in [2.45, 2.75) is 38.4 Å². The Morgan fingerprint density at radius 1 is 1.33 bits per heavy atom. The van der Waals surface area contributed by atoms with E-state index in [1.54, 1.807) is 13.0 Å². The van der Waals surface area contributed by atoms with Crippen LogP contribution in [0.4, 0.5) is 4.39 Å². The Balaban J connectivity index is 2.04. The van der Waals surface area contributed by atoms with Crippen LogP contribution in [0.1, 0.15) is 41.8 Å². The predicted octanol–water partition coefficient (Wildman–Crippen LogP) is 2.71. The third-order valence-electron chi connectivity index (χ3n) is 3.86. The molecule has 2 rings (SSSR count). The van der Waals surface area contributed by atoms with E-state index >= 15 is 0 Å². The van der Waals surface area contributed by atoms with E-state index in [1.165, 1.54) is 12.1 Å². The van der Waals surface area contributed by atoms with Gasteiger partial charge in [0, 0.05) is 29.9 Å². The minimum absolute atomic E-state index is 0.00841. The molecule has 5 nitrogen and oxygen atoms in total. The monoisotopic (exact) mass is 352 g/mol. The molecule has 1 heterocycles. The first-order chi connectivity index (χ1) is 11.2. The lowest BCUT2D eigenvalue weighted by Gasteiger charge is -2.12. The zero-order valence-corrected chi connectivity index (χ0v) is 14.8. The van der Waals surface area contributed by atoms with Crippen molar-refractivity contribution in [1.29, 1.82) is 0 Å². The van der Waals surface area contributed by atoms with Crippen LogP contribution in [0.25, 0.3) is 0 Å². The minimum atomic E-state index is -3.30. The molecule has 0 spiro atoms. The molecule has 1 aromatic heterocycles. The van der Waals surface area contributed by atoms with E-state index < -0.39 is 21.6 Å². The number of sulfone groups is 1. The van der Waals surface area contributed by atoms with Crippen molar-refractivity contribution in [2.75, 3.05) is 6.26 Å². The van der Waals surface area contributed by atoms with Gasteiger partial charge in [0.1, 0.15) is 11.6 Å². The van der Waals surface area contributed by atoms with Gasteiger partial charge in [-0.15, -0.1) is 0 Å². The van der Waals surface area contributed by atoms with E-state index in [1.807, 2.05) is 13.0 Å².